The van der Waals surface area contributed by atoms with Crippen molar-refractivity contribution < 1.29 is 22.7 Å². The fourth-order valence-electron chi connectivity index (χ4n) is 4.75. The van der Waals surface area contributed by atoms with Gasteiger partial charge in [0.1, 0.15) is 12.4 Å². The summed E-state index contributed by atoms with van der Waals surface area (Å²) in [5.74, 6) is 0.0621. The summed E-state index contributed by atoms with van der Waals surface area (Å²) in [6, 6.07) is 22.8. The van der Waals surface area contributed by atoms with Crippen molar-refractivity contribution in [2.75, 3.05) is 11.9 Å². The van der Waals surface area contributed by atoms with Gasteiger partial charge >= 0.3 is 6.03 Å². The van der Waals surface area contributed by atoms with Crippen LogP contribution in [0, 0.1) is 5.92 Å². The summed E-state index contributed by atoms with van der Waals surface area (Å²) >= 11 is 12.7. The van der Waals surface area contributed by atoms with Gasteiger partial charge in [-0.05, 0) is 65.8 Å². The first-order chi connectivity index (χ1) is 20.9. The molecular weight excluding hydrogens is 621 g/mol. The Morgan fingerprint density at radius 2 is 1.57 bits per heavy atom. The van der Waals surface area contributed by atoms with E-state index >= 15 is 0 Å². The Morgan fingerprint density at radius 3 is 2.20 bits per heavy atom. The zero-order valence-electron chi connectivity index (χ0n) is 24.1. The predicted octanol–water partition coefficient (Wildman–Crippen LogP) is 7.40. The van der Waals surface area contributed by atoms with E-state index in [0.717, 1.165) is 21.9 Å². The number of anilines is 1. The normalized spacial score (nSPS) is 13.8. The van der Waals surface area contributed by atoms with Crippen LogP contribution in [-0.2, 0) is 14.8 Å². The minimum atomic E-state index is -3.65. The molecule has 0 unspecified atom stereocenters. The smallest absolute Gasteiger partial charge is 0.332 e. The number of ether oxygens (including phenoxy) is 1. The number of sulfonamides is 1. The maximum atomic E-state index is 13.1. The third-order valence-electron chi connectivity index (χ3n) is 7.28. The molecule has 1 aliphatic rings. The molecule has 4 aromatic rings. The van der Waals surface area contributed by atoms with E-state index in [-0.39, 0.29) is 29.6 Å². The van der Waals surface area contributed by atoms with Gasteiger partial charge in [0.05, 0.1) is 32.3 Å². The number of rotatable bonds is 10. The summed E-state index contributed by atoms with van der Waals surface area (Å²) in [6.45, 7) is 3.51. The highest BCUT2D eigenvalue weighted by atomic mass is 35.5. The molecular formula is C33H31Cl2N3O5S. The average molecular weight is 653 g/mol. The van der Waals surface area contributed by atoms with Gasteiger partial charge in [0, 0.05) is 16.9 Å². The molecule has 1 saturated carbocycles. The highest BCUT2D eigenvalue weighted by molar-refractivity contribution is 7.91. The van der Waals surface area contributed by atoms with Gasteiger partial charge in [-0.15, -0.1) is 0 Å². The Labute approximate surface area is 266 Å². The number of hydrogen-bond acceptors (Lipinski definition) is 6. The molecule has 8 nitrogen and oxygen atoms in total. The number of amides is 2. The van der Waals surface area contributed by atoms with Crippen molar-refractivity contribution in [3.05, 3.63) is 100 Å². The minimum Gasteiger partial charge on any atom is -0.489 e. The first kappa shape index (κ1) is 31.4. The number of halogens is 2. The number of fused-ring (bicyclic) bond motifs is 1. The van der Waals surface area contributed by atoms with E-state index in [9.17, 15) is 18.0 Å². The summed E-state index contributed by atoms with van der Waals surface area (Å²) in [7, 11) is -3.65. The number of nitrogens with two attached hydrogens (primary N) is 1. The lowest BCUT2D eigenvalue weighted by molar-refractivity contribution is -0.118. The Bertz CT molecular complexity index is 1870. The molecule has 1 fully saturated rings. The van der Waals surface area contributed by atoms with Gasteiger partial charge in [-0.2, -0.15) is 0 Å². The van der Waals surface area contributed by atoms with Crippen LogP contribution >= 0.6 is 23.2 Å². The molecule has 0 aliphatic heterocycles. The van der Waals surface area contributed by atoms with Gasteiger partial charge < -0.3 is 15.8 Å². The third kappa shape index (κ3) is 7.01. The lowest BCUT2D eigenvalue weighted by Gasteiger charge is -2.16. The van der Waals surface area contributed by atoms with Crippen LogP contribution in [0.15, 0.2) is 84.4 Å². The van der Waals surface area contributed by atoms with Crippen LogP contribution in [0.25, 0.3) is 27.6 Å². The number of benzene rings is 4. The number of urea groups is 1. The molecule has 228 valence electrons. The molecule has 0 radical (unpaired) electrons. The Balaban J connectivity index is 1.32. The number of Topliss-reactive ketones (excluding diaryl/α,β-unsaturated/α-hetero) is 1. The van der Waals surface area contributed by atoms with Gasteiger partial charge in [0.2, 0.25) is 10.0 Å². The molecule has 1 aliphatic carbocycles. The van der Waals surface area contributed by atoms with Gasteiger partial charge in [-0.3, -0.25) is 4.79 Å². The van der Waals surface area contributed by atoms with Crippen LogP contribution in [0.5, 0.6) is 5.75 Å². The highest BCUT2D eigenvalue weighted by Crippen LogP contribution is 2.33. The van der Waals surface area contributed by atoms with Crippen LogP contribution in [0.1, 0.15) is 32.3 Å². The maximum absolute atomic E-state index is 13.1. The monoisotopic (exact) mass is 651 g/mol. The minimum absolute atomic E-state index is 0.0645. The lowest BCUT2D eigenvalue weighted by atomic mass is 9.97. The van der Waals surface area contributed by atoms with E-state index in [0.29, 0.717) is 39.9 Å². The Morgan fingerprint density at radius 1 is 0.932 bits per heavy atom. The van der Waals surface area contributed by atoms with Crippen LogP contribution in [0.3, 0.4) is 0 Å². The van der Waals surface area contributed by atoms with Crippen molar-refractivity contribution in [2.45, 2.75) is 31.9 Å². The van der Waals surface area contributed by atoms with Crippen LogP contribution in [-0.4, -0.2) is 32.1 Å². The molecule has 11 heteroatoms. The summed E-state index contributed by atoms with van der Waals surface area (Å²) in [4.78, 5) is 25.4. The summed E-state index contributed by atoms with van der Waals surface area (Å²) in [6.07, 6.45) is 1.13. The van der Waals surface area contributed by atoms with Crippen molar-refractivity contribution in [3.8, 4) is 16.9 Å². The zero-order valence-corrected chi connectivity index (χ0v) is 26.4. The lowest BCUT2D eigenvalue weighted by Crippen LogP contribution is -2.36. The SMILES string of the molecule is CC(C)C(=O)C(COc1ccc(-c2ccc3c(NC(=O)NS(=O)(=O)C4CC4)cccc3c2)cc1)=C(N)c1c(Cl)cccc1Cl. The fourth-order valence-corrected chi connectivity index (χ4v) is 6.58. The zero-order chi connectivity index (χ0) is 31.6. The second kappa shape index (κ2) is 12.9. The first-order valence-corrected chi connectivity index (χ1v) is 16.3. The van der Waals surface area contributed by atoms with Gasteiger partial charge in [-0.1, -0.05) is 79.5 Å². The van der Waals surface area contributed by atoms with E-state index in [1.807, 2.05) is 36.4 Å². The summed E-state index contributed by atoms with van der Waals surface area (Å²) < 4.78 is 32.3. The third-order valence-corrected chi connectivity index (χ3v) is 9.73. The summed E-state index contributed by atoms with van der Waals surface area (Å²) in [5.41, 5.74) is 9.64. The van der Waals surface area contributed by atoms with Crippen LogP contribution in [0.2, 0.25) is 10.0 Å². The van der Waals surface area contributed by atoms with E-state index in [2.05, 4.69) is 10.0 Å². The quantitative estimate of drug-likeness (QED) is 0.153. The fraction of sp³-hybridized carbons (Fsp3) is 0.212. The van der Waals surface area contributed by atoms with E-state index < -0.39 is 21.3 Å². The second-order valence-corrected chi connectivity index (χ2v) is 13.6. The van der Waals surface area contributed by atoms with Crippen molar-refractivity contribution in [1.82, 2.24) is 4.72 Å². The predicted molar refractivity (Wildman–Crippen MR) is 176 cm³/mol. The van der Waals surface area contributed by atoms with Crippen LogP contribution in [0.4, 0.5) is 10.5 Å². The molecule has 0 atom stereocenters. The van der Waals surface area contributed by atoms with Crippen molar-refractivity contribution in [2.24, 2.45) is 11.7 Å². The first-order valence-electron chi connectivity index (χ1n) is 14.0. The van der Waals surface area contributed by atoms with E-state index in [4.69, 9.17) is 33.7 Å². The largest absolute Gasteiger partial charge is 0.489 e. The second-order valence-electron chi connectivity index (χ2n) is 10.9. The van der Waals surface area contributed by atoms with Gasteiger partial charge in [0.15, 0.2) is 5.78 Å². The highest BCUT2D eigenvalue weighted by Gasteiger charge is 2.36. The number of nitrogens with one attached hydrogen (secondary N) is 2. The number of ketones is 1. The molecule has 4 N–H and O–H groups in total. The van der Waals surface area contributed by atoms with E-state index in [1.54, 1.807) is 56.3 Å². The molecule has 0 aromatic heterocycles. The molecule has 2 amide bonds. The van der Waals surface area contributed by atoms with Gasteiger partial charge in [-0.25, -0.2) is 17.9 Å². The number of carbonyl (C=O) groups is 2. The molecule has 5 rings (SSSR count). The molecule has 44 heavy (non-hydrogen) atoms. The van der Waals surface area contributed by atoms with Crippen LogP contribution < -0.4 is 20.5 Å². The summed E-state index contributed by atoms with van der Waals surface area (Å²) in [5, 5.41) is 4.48. The Kier molecular flexibility index (Phi) is 9.20. The maximum Gasteiger partial charge on any atom is 0.332 e. The molecule has 0 saturated heterocycles. The molecule has 0 heterocycles. The standard InChI is InChI=1S/C33H31Cl2N3O5S/c1-19(2)32(39)26(31(36)30-27(34)6-4-7-28(30)35)18-43-23-12-9-20(10-13-23)21-11-16-25-22(17-21)5-3-8-29(25)37-33(40)38-44(41,42)24-14-15-24/h3-13,16-17,19,24H,14-15,18,36H2,1-2H3,(H2,37,38,40). The topological polar surface area (TPSA) is 128 Å². The molecule has 0 bridgehead atoms. The average Bonchev–Trinajstić information content (AvgIpc) is 3.84. The van der Waals surface area contributed by atoms with Crippen molar-refractivity contribution >= 4 is 67.2 Å². The molecule has 0 spiro atoms. The number of carbonyl (C=O) groups excluding carboxylic acids is 2. The van der Waals surface area contributed by atoms with Crippen molar-refractivity contribution in [1.29, 1.82) is 0 Å². The van der Waals surface area contributed by atoms with Gasteiger partial charge in [0.25, 0.3) is 0 Å². The van der Waals surface area contributed by atoms with E-state index in [1.165, 1.54) is 0 Å². The Hall–Kier alpha value is -4.05. The number of hydrogen-bond donors (Lipinski definition) is 3. The molecule has 4 aromatic carbocycles. The van der Waals surface area contributed by atoms with Crippen molar-refractivity contribution in [3.63, 3.8) is 0 Å².